The highest BCUT2D eigenvalue weighted by molar-refractivity contribution is 4.81. The molecule has 0 aromatic heterocycles. The summed E-state index contributed by atoms with van der Waals surface area (Å²) in [6, 6.07) is 0. The molecular formula is C22H47N2+. The van der Waals surface area contributed by atoms with E-state index in [2.05, 4.69) is 32.9 Å². The Morgan fingerprint density at radius 1 is 0.583 bits per heavy atom. The topological polar surface area (TPSA) is 26.0 Å². The summed E-state index contributed by atoms with van der Waals surface area (Å²) in [5.41, 5.74) is 0. The average molecular weight is 340 g/mol. The van der Waals surface area contributed by atoms with E-state index < -0.39 is 0 Å². The van der Waals surface area contributed by atoms with Crippen LogP contribution in [0.5, 0.6) is 0 Å². The lowest BCUT2D eigenvalue weighted by molar-refractivity contribution is -0.936. The molecule has 24 heavy (non-hydrogen) atoms. The van der Waals surface area contributed by atoms with Gasteiger partial charge < -0.3 is 0 Å². The average Bonchev–Trinajstić information content (AvgIpc) is 2.61. The maximum Gasteiger partial charge on any atom is 0.0960 e. The Kier molecular flexibility index (Phi) is 17.2. The van der Waals surface area contributed by atoms with Gasteiger partial charge in [-0.2, -0.15) is 5.84 Å². The summed E-state index contributed by atoms with van der Waals surface area (Å²) in [6.45, 7) is 9.94. The number of hydrogen-bond acceptors (Lipinski definition) is 1. The molecule has 0 aromatic carbocycles. The van der Waals surface area contributed by atoms with E-state index in [1.807, 2.05) is 0 Å². The lowest BCUT2D eigenvalue weighted by Gasteiger charge is -2.30. The van der Waals surface area contributed by atoms with Crippen molar-refractivity contribution in [2.75, 3.05) is 19.6 Å². The molecule has 2 nitrogen and oxygen atoms in total. The Morgan fingerprint density at radius 2 is 1.00 bits per heavy atom. The van der Waals surface area contributed by atoms with Gasteiger partial charge in [0.25, 0.3) is 0 Å². The van der Waals surface area contributed by atoms with Crippen molar-refractivity contribution in [1.82, 2.24) is 0 Å². The van der Waals surface area contributed by atoms with Crippen molar-refractivity contribution in [1.29, 1.82) is 0 Å². The van der Waals surface area contributed by atoms with Gasteiger partial charge in [0.1, 0.15) is 0 Å². The van der Waals surface area contributed by atoms with Gasteiger partial charge in [0.05, 0.1) is 19.6 Å². The summed E-state index contributed by atoms with van der Waals surface area (Å²) in [6.07, 6.45) is 24.0. The number of nitrogens with two attached hydrogens (primary N) is 1. The van der Waals surface area contributed by atoms with Gasteiger partial charge in [-0.15, -0.1) is 0 Å². The Labute approximate surface area is 153 Å². The van der Waals surface area contributed by atoms with Gasteiger partial charge in [-0.25, -0.2) is 4.59 Å². The van der Waals surface area contributed by atoms with Crippen LogP contribution in [0.4, 0.5) is 0 Å². The highest BCUT2D eigenvalue weighted by Crippen LogP contribution is 2.11. The number of unbranched alkanes of at least 4 members (excludes halogenated alkanes) is 12. The fourth-order valence-electron chi connectivity index (χ4n) is 3.21. The molecule has 0 saturated carbocycles. The molecule has 0 aromatic rings. The summed E-state index contributed by atoms with van der Waals surface area (Å²) in [5, 5.41) is 0. The Hall–Kier alpha value is -0.340. The molecule has 0 heterocycles. The highest BCUT2D eigenvalue weighted by Gasteiger charge is 2.16. The molecule has 0 atom stereocenters. The van der Waals surface area contributed by atoms with Crippen molar-refractivity contribution in [3.63, 3.8) is 0 Å². The van der Waals surface area contributed by atoms with Crippen molar-refractivity contribution in [2.24, 2.45) is 5.84 Å². The van der Waals surface area contributed by atoms with Crippen molar-refractivity contribution in [3.05, 3.63) is 12.2 Å². The van der Waals surface area contributed by atoms with Crippen LogP contribution >= 0.6 is 0 Å². The van der Waals surface area contributed by atoms with Crippen LogP contribution in [0.15, 0.2) is 12.2 Å². The van der Waals surface area contributed by atoms with E-state index in [0.29, 0.717) is 0 Å². The molecule has 0 amide bonds. The predicted octanol–water partition coefficient (Wildman–Crippen LogP) is 6.75. The monoisotopic (exact) mass is 339 g/mol. The van der Waals surface area contributed by atoms with Crippen LogP contribution in [-0.4, -0.2) is 24.2 Å². The number of quaternary nitrogens is 1. The number of rotatable bonds is 18. The van der Waals surface area contributed by atoms with Gasteiger partial charge in [0.15, 0.2) is 0 Å². The molecular weight excluding hydrogens is 292 g/mol. The molecule has 0 aliphatic carbocycles. The minimum atomic E-state index is 0.753. The van der Waals surface area contributed by atoms with Gasteiger partial charge in [0.2, 0.25) is 0 Å². The fraction of sp³-hybridized carbons (Fsp3) is 0.909. The number of hydrogen-bond donors (Lipinski definition) is 1. The molecule has 2 N–H and O–H groups in total. The van der Waals surface area contributed by atoms with E-state index in [4.69, 9.17) is 5.84 Å². The molecule has 0 bridgehead atoms. The molecule has 0 aliphatic heterocycles. The van der Waals surface area contributed by atoms with Gasteiger partial charge in [-0.05, 0) is 52.4 Å². The second kappa shape index (κ2) is 17.5. The first-order valence-electron chi connectivity index (χ1n) is 11.0. The van der Waals surface area contributed by atoms with Crippen LogP contribution in [0, 0.1) is 0 Å². The molecule has 144 valence electrons. The molecule has 0 saturated heterocycles. The molecule has 0 rings (SSSR count). The normalized spacial score (nSPS) is 12.3. The fourth-order valence-corrected chi connectivity index (χ4v) is 3.21. The first kappa shape index (κ1) is 23.7. The quantitative estimate of drug-likeness (QED) is 0.0964. The second-order valence-electron chi connectivity index (χ2n) is 7.51. The van der Waals surface area contributed by atoms with E-state index in [1.165, 1.54) is 89.9 Å². The molecule has 2 heteroatoms. The van der Waals surface area contributed by atoms with E-state index in [9.17, 15) is 0 Å². The lowest BCUT2D eigenvalue weighted by atomic mass is 10.1. The third-order valence-electron chi connectivity index (χ3n) is 5.37. The summed E-state index contributed by atoms with van der Waals surface area (Å²) >= 11 is 0. The van der Waals surface area contributed by atoms with Crippen molar-refractivity contribution in [2.45, 2.75) is 111 Å². The van der Waals surface area contributed by atoms with Crippen LogP contribution in [0.3, 0.4) is 0 Å². The molecule has 0 unspecified atom stereocenters. The van der Waals surface area contributed by atoms with Crippen LogP contribution in [-0.2, 0) is 0 Å². The lowest BCUT2D eigenvalue weighted by Crippen LogP contribution is -2.54. The molecule has 0 radical (unpaired) electrons. The Morgan fingerprint density at radius 3 is 1.46 bits per heavy atom. The van der Waals surface area contributed by atoms with Gasteiger partial charge in [0, 0.05) is 0 Å². The number of nitrogens with zero attached hydrogens (tertiary/aromatic N) is 1. The van der Waals surface area contributed by atoms with E-state index in [0.717, 1.165) is 24.2 Å². The third-order valence-corrected chi connectivity index (χ3v) is 5.37. The van der Waals surface area contributed by atoms with E-state index >= 15 is 0 Å². The van der Waals surface area contributed by atoms with Gasteiger partial charge >= 0.3 is 0 Å². The minimum absolute atomic E-state index is 0.753. The highest BCUT2D eigenvalue weighted by atomic mass is 15.6. The third kappa shape index (κ3) is 15.2. The first-order valence-corrected chi connectivity index (χ1v) is 11.0. The first-order chi connectivity index (χ1) is 11.7. The molecule has 0 spiro atoms. The standard InChI is InChI=1S/C22H47N2/c1-4-7-8-9-10-11-12-13-14-15-16-17-18-19-20-21-22-24(23,5-2)6-3/h13-14H,4-12,15-23H2,1-3H3/q+1/b14-13-. The Balaban J connectivity index is 3.23. The Bertz CT molecular complexity index is 269. The van der Waals surface area contributed by atoms with Crippen LogP contribution in [0.1, 0.15) is 111 Å². The summed E-state index contributed by atoms with van der Waals surface area (Å²) in [5.74, 6) is 6.29. The summed E-state index contributed by atoms with van der Waals surface area (Å²) < 4.78 is 0.753. The maximum absolute atomic E-state index is 6.29. The van der Waals surface area contributed by atoms with Crippen molar-refractivity contribution in [3.8, 4) is 0 Å². The van der Waals surface area contributed by atoms with Crippen LogP contribution in [0.25, 0.3) is 0 Å². The van der Waals surface area contributed by atoms with E-state index in [1.54, 1.807) is 0 Å². The molecule has 0 aliphatic rings. The van der Waals surface area contributed by atoms with E-state index in [-0.39, 0.29) is 0 Å². The maximum atomic E-state index is 6.29. The minimum Gasteiger partial charge on any atom is -0.249 e. The smallest absolute Gasteiger partial charge is 0.0960 e. The SMILES string of the molecule is CCCCCCCC/C=C\CCCCCCCC[N+](N)(CC)CC. The predicted molar refractivity (Wildman–Crippen MR) is 110 cm³/mol. The van der Waals surface area contributed by atoms with Crippen LogP contribution in [0.2, 0.25) is 0 Å². The van der Waals surface area contributed by atoms with Crippen LogP contribution < -0.4 is 5.84 Å². The zero-order valence-corrected chi connectivity index (χ0v) is 17.2. The zero-order chi connectivity index (χ0) is 17.9. The number of allylic oxidation sites excluding steroid dienone is 2. The largest absolute Gasteiger partial charge is 0.249 e. The second-order valence-corrected chi connectivity index (χ2v) is 7.51. The zero-order valence-electron chi connectivity index (χ0n) is 17.2. The molecule has 0 fully saturated rings. The summed E-state index contributed by atoms with van der Waals surface area (Å²) in [7, 11) is 0. The summed E-state index contributed by atoms with van der Waals surface area (Å²) in [4.78, 5) is 0. The van der Waals surface area contributed by atoms with Gasteiger partial charge in [-0.3, -0.25) is 0 Å². The van der Waals surface area contributed by atoms with Gasteiger partial charge in [-0.1, -0.05) is 70.4 Å². The van der Waals surface area contributed by atoms with Crippen molar-refractivity contribution >= 4 is 0 Å². The van der Waals surface area contributed by atoms with Crippen molar-refractivity contribution < 1.29 is 4.59 Å².